The molecule has 1 aliphatic carbocycles. The lowest BCUT2D eigenvalue weighted by atomic mass is 9.88. The molecule has 3 rings (SSSR count). The van der Waals surface area contributed by atoms with Gasteiger partial charge in [0.2, 0.25) is 6.29 Å². The van der Waals surface area contributed by atoms with E-state index in [-0.39, 0.29) is 74.0 Å². The van der Waals surface area contributed by atoms with Crippen molar-refractivity contribution in [1.29, 1.82) is 0 Å². The fourth-order valence-electron chi connectivity index (χ4n) is 7.04. The molecule has 0 radical (unpaired) electrons. The zero-order chi connectivity index (χ0) is 55.5. The van der Waals surface area contributed by atoms with Gasteiger partial charge in [-0.15, -0.1) is 0 Å². The summed E-state index contributed by atoms with van der Waals surface area (Å²) in [7, 11) is 2.38. The number of rotatable bonds is 23. The van der Waals surface area contributed by atoms with E-state index in [1.54, 1.807) is 31.7 Å². The summed E-state index contributed by atoms with van der Waals surface area (Å²) in [5.74, 6) is -0.783. The highest BCUT2D eigenvalue weighted by Crippen LogP contribution is 2.27. The highest BCUT2D eigenvalue weighted by molar-refractivity contribution is 6.23. The van der Waals surface area contributed by atoms with Crippen molar-refractivity contribution < 1.29 is 73.2 Å². The molecular formula is C56H99NO15. The number of methoxy groups -OCH3 is 1. The molecule has 5 N–H and O–H groups in total. The number of Topliss-reactive ketones (excluding diaryl/α,β-unsaturated/α-hetero) is 2. The van der Waals surface area contributed by atoms with Crippen LogP contribution in [-0.4, -0.2) is 145 Å². The fraction of sp³-hybridized carbons (Fsp3) is 0.750. The van der Waals surface area contributed by atoms with Crippen LogP contribution in [0.4, 0.5) is 0 Å². The zero-order valence-corrected chi connectivity index (χ0v) is 46.4. The number of amides is 1. The van der Waals surface area contributed by atoms with Crippen LogP contribution in [0.25, 0.3) is 0 Å². The molecule has 418 valence electrons. The highest BCUT2D eigenvalue weighted by atomic mass is 16.6. The van der Waals surface area contributed by atoms with Crippen molar-refractivity contribution in [2.45, 2.75) is 190 Å². The first-order chi connectivity index (χ1) is 34.3. The number of allylic oxidation sites excluding steroid dienone is 6. The summed E-state index contributed by atoms with van der Waals surface area (Å²) in [6, 6.07) is 0. The van der Waals surface area contributed by atoms with Crippen LogP contribution < -0.4 is 0 Å². The van der Waals surface area contributed by atoms with Crippen molar-refractivity contribution >= 4 is 36.2 Å². The summed E-state index contributed by atoms with van der Waals surface area (Å²) in [4.78, 5) is 69.1. The molecule has 0 aromatic heterocycles. The molecule has 1 unspecified atom stereocenters. The zero-order valence-electron chi connectivity index (χ0n) is 46.4. The molecular weight excluding hydrogens is 927 g/mol. The molecule has 8 atom stereocenters. The predicted octanol–water partition coefficient (Wildman–Crippen LogP) is 7.99. The molecule has 2 aliphatic heterocycles. The SMILES string of the molecule is CCC.CCC(C)(CO)C(=O)OC1CCCCC1.CO.CO[C@@H](C(=O)CC[C@H](C)/C=C/C=C/C=C(\C)[C@H](C)CO)[C@H](O)/C(C)=C/[C@@H](C)C(=O)CCOC=O.C[C@@H]1CCCO[C@@H]1O.O=CC(=O)N1CCCCC1. The second-order valence-electron chi connectivity index (χ2n) is 19.1. The van der Waals surface area contributed by atoms with Crippen molar-refractivity contribution in [1.82, 2.24) is 4.90 Å². The van der Waals surface area contributed by atoms with Crippen LogP contribution in [-0.2, 0) is 47.7 Å². The van der Waals surface area contributed by atoms with Gasteiger partial charge in [0.1, 0.15) is 24.1 Å². The van der Waals surface area contributed by atoms with Gasteiger partial charge in [-0.3, -0.25) is 28.8 Å². The first-order valence-corrected chi connectivity index (χ1v) is 26.2. The van der Waals surface area contributed by atoms with Gasteiger partial charge in [-0.25, -0.2) is 0 Å². The number of aliphatic hydroxyl groups excluding tert-OH is 5. The van der Waals surface area contributed by atoms with Crippen molar-refractivity contribution in [2.24, 2.45) is 29.1 Å². The second kappa shape index (κ2) is 45.7. The number of carbonyl (C=O) groups is 6. The van der Waals surface area contributed by atoms with Gasteiger partial charge in [0.15, 0.2) is 12.1 Å². The average molecular weight is 1030 g/mol. The maximum absolute atomic E-state index is 12.7. The minimum Gasteiger partial charge on any atom is -0.467 e. The van der Waals surface area contributed by atoms with Gasteiger partial charge in [-0.1, -0.05) is 103 Å². The van der Waals surface area contributed by atoms with Crippen LogP contribution in [0.15, 0.2) is 47.6 Å². The number of nitrogens with zero attached hydrogens (tertiary/aromatic N) is 1. The molecule has 0 bridgehead atoms. The number of aliphatic hydroxyl groups is 5. The van der Waals surface area contributed by atoms with E-state index in [2.05, 4.69) is 18.6 Å². The van der Waals surface area contributed by atoms with Gasteiger partial charge in [0.05, 0.1) is 18.6 Å². The topological polar surface area (TPSA) is 244 Å². The Balaban J connectivity index is -0.00000101. The van der Waals surface area contributed by atoms with Crippen molar-refractivity contribution in [3.05, 3.63) is 47.6 Å². The number of ketones is 2. The highest BCUT2D eigenvalue weighted by Gasteiger charge is 2.34. The smallest absolute Gasteiger partial charge is 0.314 e. The van der Waals surface area contributed by atoms with E-state index in [0.29, 0.717) is 37.1 Å². The van der Waals surface area contributed by atoms with Crippen LogP contribution in [0.2, 0.25) is 0 Å². The molecule has 3 fully saturated rings. The number of hydrogen-bond donors (Lipinski definition) is 5. The summed E-state index contributed by atoms with van der Waals surface area (Å²) in [6.07, 6.45) is 23.0. The molecule has 2 heterocycles. The summed E-state index contributed by atoms with van der Waals surface area (Å²) < 4.78 is 20.2. The quantitative estimate of drug-likeness (QED) is 0.0163. The van der Waals surface area contributed by atoms with E-state index in [1.807, 2.05) is 65.0 Å². The number of piperidine rings is 1. The Labute approximate surface area is 433 Å². The van der Waals surface area contributed by atoms with Crippen molar-refractivity contribution in [2.75, 3.05) is 53.7 Å². The summed E-state index contributed by atoms with van der Waals surface area (Å²) >= 11 is 0. The fourth-order valence-corrected chi connectivity index (χ4v) is 7.04. The van der Waals surface area contributed by atoms with Gasteiger partial charge in [-0.2, -0.15) is 0 Å². The molecule has 0 aromatic rings. The Morgan fingerprint density at radius 3 is 1.92 bits per heavy atom. The maximum atomic E-state index is 12.7. The molecule has 16 nitrogen and oxygen atoms in total. The van der Waals surface area contributed by atoms with Crippen molar-refractivity contribution in [3.63, 3.8) is 0 Å². The van der Waals surface area contributed by atoms with Crippen LogP contribution in [0.5, 0.6) is 0 Å². The number of likely N-dealkylation sites (tertiary alicyclic amines) is 1. The van der Waals surface area contributed by atoms with Crippen molar-refractivity contribution in [3.8, 4) is 0 Å². The van der Waals surface area contributed by atoms with E-state index in [9.17, 15) is 39.0 Å². The molecule has 1 saturated carbocycles. The van der Waals surface area contributed by atoms with Gasteiger partial charge >= 0.3 is 5.97 Å². The molecule has 0 aromatic carbocycles. The maximum Gasteiger partial charge on any atom is 0.314 e. The Morgan fingerprint density at radius 1 is 0.833 bits per heavy atom. The molecule has 2 saturated heterocycles. The lowest BCUT2D eigenvalue weighted by Gasteiger charge is -2.28. The normalized spacial score (nSPS) is 20.2. The third-order valence-electron chi connectivity index (χ3n) is 12.6. The van der Waals surface area contributed by atoms with Gasteiger partial charge in [0, 0.05) is 71.1 Å². The van der Waals surface area contributed by atoms with Gasteiger partial charge < -0.3 is 49.4 Å². The number of esters is 1. The van der Waals surface area contributed by atoms with E-state index >= 15 is 0 Å². The first kappa shape index (κ1) is 72.3. The van der Waals surface area contributed by atoms with Crippen LogP contribution in [0.1, 0.15) is 166 Å². The Bertz CT molecular complexity index is 1550. The third kappa shape index (κ3) is 33.8. The minimum atomic E-state index is -1.15. The number of aldehydes is 1. The lowest BCUT2D eigenvalue weighted by Crippen LogP contribution is -2.37. The van der Waals surface area contributed by atoms with Crippen LogP contribution in [0, 0.1) is 29.1 Å². The summed E-state index contributed by atoms with van der Waals surface area (Å²) in [5, 5.41) is 44.9. The summed E-state index contributed by atoms with van der Waals surface area (Å²) in [5.41, 5.74) is 0.872. The van der Waals surface area contributed by atoms with Crippen LogP contribution in [0.3, 0.4) is 0 Å². The Morgan fingerprint density at radius 2 is 1.43 bits per heavy atom. The third-order valence-corrected chi connectivity index (χ3v) is 12.6. The van der Waals surface area contributed by atoms with E-state index in [0.717, 1.165) is 83.7 Å². The largest absolute Gasteiger partial charge is 0.467 e. The first-order valence-electron chi connectivity index (χ1n) is 26.2. The number of carbonyl (C=O) groups excluding carboxylic acids is 6. The standard InChI is InChI=1S/C27H42O7.C12H22O3.C7H11NO2.C6H12O2.C3H8.CH4O/c1-19(10-8-7-9-11-20(2)23(5)17-28)12-13-25(31)27(33-6)26(32)22(4)16-21(3)24(30)14-15-34-18-29;1-3-12(2,9-13)11(14)15-10-7-5-4-6-8-10;9-6-7(10)8-4-2-1-3-5-8;1-5-3-2-4-8-6(5)7;1-3-2;1-2/h7-11,16,18-19,21,23,26-28,32H,12-15,17H2,1-6H3;10,13H,3-9H2,1-2H3;6H,1-5H2;5-7H,2-4H2,1H3;3H2,1-2H3;2H,1H3/b9-7+,10-8+,20-11+,22-16+;;;;;/t19-,21-,23-,26-,27+;;;5-,6+;;/m1..1../s1. The second-order valence-corrected chi connectivity index (χ2v) is 19.1. The monoisotopic (exact) mass is 1030 g/mol. The van der Waals surface area contributed by atoms with E-state index in [4.69, 9.17) is 29.5 Å². The summed E-state index contributed by atoms with van der Waals surface area (Å²) in [6.45, 7) is 21.8. The number of ether oxygens (including phenoxy) is 4. The molecule has 1 amide bonds. The molecule has 3 aliphatic rings. The van der Waals surface area contributed by atoms with E-state index < -0.39 is 29.8 Å². The van der Waals surface area contributed by atoms with Crippen LogP contribution >= 0.6 is 0 Å². The molecule has 72 heavy (non-hydrogen) atoms. The minimum absolute atomic E-state index is 0.0168. The molecule has 0 spiro atoms. The van der Waals surface area contributed by atoms with Gasteiger partial charge in [0.25, 0.3) is 12.4 Å². The molecule has 16 heteroatoms. The van der Waals surface area contributed by atoms with Gasteiger partial charge in [-0.05, 0) is 103 Å². The van der Waals surface area contributed by atoms with E-state index in [1.165, 1.54) is 26.4 Å². The Kier molecular flexibility index (Phi) is 45.9. The average Bonchev–Trinajstić information content (AvgIpc) is 3.39. The predicted molar refractivity (Wildman–Crippen MR) is 282 cm³/mol. The lowest BCUT2D eigenvalue weighted by molar-refractivity contribution is -0.164. The Hall–Kier alpha value is -3.90. The number of hydrogen-bond acceptors (Lipinski definition) is 15.